The molecule has 0 unspecified atom stereocenters. The van der Waals surface area contributed by atoms with Crippen molar-refractivity contribution in [2.24, 2.45) is 0 Å². The standard InChI is InChI=1S/C39H23N3O2/c1-3-10-25(11-4-1)37-40-38(26-12-5-2-6-13-26)42-39(41-37)27-20-18-24(19-21-27)28-15-9-16-31-34-33(44-35(28)31)23-22-30-29-14-7-8-17-32(29)43-36(30)34/h1-23H. The molecule has 0 fully saturated rings. The Kier molecular flexibility index (Phi) is 5.43. The Hall–Kier alpha value is -6.07. The Morgan fingerprint density at radius 2 is 0.886 bits per heavy atom. The first-order chi connectivity index (χ1) is 21.8. The molecular formula is C39H23N3O2. The minimum Gasteiger partial charge on any atom is -0.455 e. The van der Waals surface area contributed by atoms with E-state index in [1.807, 2.05) is 84.9 Å². The number of hydrogen-bond donors (Lipinski definition) is 0. The smallest absolute Gasteiger partial charge is 0.164 e. The molecule has 0 aliphatic heterocycles. The summed E-state index contributed by atoms with van der Waals surface area (Å²) in [6.45, 7) is 0. The van der Waals surface area contributed by atoms with Crippen LogP contribution in [0.4, 0.5) is 0 Å². The summed E-state index contributed by atoms with van der Waals surface area (Å²) < 4.78 is 12.8. The zero-order chi connectivity index (χ0) is 29.0. The topological polar surface area (TPSA) is 65.0 Å². The van der Waals surface area contributed by atoms with E-state index in [0.29, 0.717) is 17.5 Å². The second-order valence-corrected chi connectivity index (χ2v) is 10.8. The summed E-state index contributed by atoms with van der Waals surface area (Å²) in [5, 5.41) is 4.23. The molecular weight excluding hydrogens is 542 g/mol. The van der Waals surface area contributed by atoms with Crippen molar-refractivity contribution in [3.8, 4) is 45.3 Å². The Balaban J connectivity index is 1.16. The molecule has 3 heterocycles. The van der Waals surface area contributed by atoms with E-state index in [1.165, 1.54) is 0 Å². The zero-order valence-electron chi connectivity index (χ0n) is 23.4. The fourth-order valence-electron chi connectivity index (χ4n) is 6.03. The van der Waals surface area contributed by atoms with Crippen molar-refractivity contribution in [2.75, 3.05) is 0 Å². The predicted octanol–water partition coefficient (Wildman–Crippen LogP) is 10.3. The van der Waals surface area contributed by atoms with Crippen LogP contribution in [-0.4, -0.2) is 15.0 Å². The van der Waals surface area contributed by atoms with Crippen molar-refractivity contribution >= 4 is 43.9 Å². The fourth-order valence-corrected chi connectivity index (χ4v) is 6.03. The summed E-state index contributed by atoms with van der Waals surface area (Å²) in [6.07, 6.45) is 0. The monoisotopic (exact) mass is 565 g/mol. The van der Waals surface area contributed by atoms with Gasteiger partial charge in [-0.15, -0.1) is 0 Å². The maximum Gasteiger partial charge on any atom is 0.164 e. The van der Waals surface area contributed by atoms with E-state index in [9.17, 15) is 0 Å². The predicted molar refractivity (Wildman–Crippen MR) is 176 cm³/mol. The number of aromatic nitrogens is 3. The highest BCUT2D eigenvalue weighted by Gasteiger charge is 2.18. The first kappa shape index (κ1) is 24.5. The van der Waals surface area contributed by atoms with Gasteiger partial charge in [-0.1, -0.05) is 121 Å². The second kappa shape index (κ2) is 9.75. The maximum atomic E-state index is 6.49. The first-order valence-corrected chi connectivity index (χ1v) is 14.5. The van der Waals surface area contributed by atoms with Gasteiger partial charge in [-0.2, -0.15) is 0 Å². The van der Waals surface area contributed by atoms with Crippen LogP contribution >= 0.6 is 0 Å². The van der Waals surface area contributed by atoms with E-state index < -0.39 is 0 Å². The molecule has 0 amide bonds. The first-order valence-electron chi connectivity index (χ1n) is 14.5. The minimum absolute atomic E-state index is 0.624. The molecule has 0 atom stereocenters. The van der Waals surface area contributed by atoms with E-state index in [4.69, 9.17) is 23.8 Å². The quantitative estimate of drug-likeness (QED) is 0.212. The Bertz CT molecular complexity index is 2420. The van der Waals surface area contributed by atoms with Gasteiger partial charge in [0.2, 0.25) is 0 Å². The van der Waals surface area contributed by atoms with Gasteiger partial charge in [0.05, 0.1) is 5.39 Å². The summed E-state index contributed by atoms with van der Waals surface area (Å²) >= 11 is 0. The lowest BCUT2D eigenvalue weighted by Crippen LogP contribution is -2.00. The molecule has 0 saturated heterocycles. The van der Waals surface area contributed by atoms with Crippen LogP contribution in [0.5, 0.6) is 0 Å². The average Bonchev–Trinajstić information content (AvgIpc) is 3.67. The summed E-state index contributed by atoms with van der Waals surface area (Å²) in [5.74, 6) is 1.91. The largest absolute Gasteiger partial charge is 0.455 e. The lowest BCUT2D eigenvalue weighted by Gasteiger charge is -2.09. The van der Waals surface area contributed by atoms with E-state index in [0.717, 1.165) is 71.7 Å². The minimum atomic E-state index is 0.624. The van der Waals surface area contributed by atoms with E-state index >= 15 is 0 Å². The SMILES string of the molecule is c1ccc(-c2nc(-c3ccccc3)nc(-c3ccc(-c4cccc5c4oc4ccc6c7ccccc7oc6c45)cc3)n2)cc1. The molecule has 3 aromatic heterocycles. The lowest BCUT2D eigenvalue weighted by molar-refractivity contribution is 0.663. The maximum absolute atomic E-state index is 6.49. The van der Waals surface area contributed by atoms with Crippen molar-refractivity contribution in [3.63, 3.8) is 0 Å². The number of benzene rings is 6. The third-order valence-electron chi connectivity index (χ3n) is 8.16. The highest BCUT2D eigenvalue weighted by molar-refractivity contribution is 6.23. The van der Waals surface area contributed by atoms with Gasteiger partial charge in [0.25, 0.3) is 0 Å². The molecule has 5 nitrogen and oxygen atoms in total. The number of hydrogen-bond acceptors (Lipinski definition) is 5. The van der Waals surface area contributed by atoms with Crippen LogP contribution in [0.1, 0.15) is 0 Å². The molecule has 5 heteroatoms. The van der Waals surface area contributed by atoms with Crippen LogP contribution < -0.4 is 0 Å². The Labute approximate surface area is 252 Å². The number of rotatable bonds is 4. The summed E-state index contributed by atoms with van der Waals surface area (Å²) in [5.41, 5.74) is 8.23. The third kappa shape index (κ3) is 3.91. The van der Waals surface area contributed by atoms with Crippen LogP contribution in [0, 0.1) is 0 Å². The molecule has 0 bridgehead atoms. The lowest BCUT2D eigenvalue weighted by atomic mass is 10.0. The second-order valence-electron chi connectivity index (χ2n) is 10.8. The van der Waals surface area contributed by atoms with Crippen molar-refractivity contribution in [1.82, 2.24) is 15.0 Å². The number of para-hydroxylation sites is 2. The summed E-state index contributed by atoms with van der Waals surface area (Å²) in [6, 6.07) is 46.9. The number of furan rings is 2. The molecule has 0 radical (unpaired) electrons. The van der Waals surface area contributed by atoms with Gasteiger partial charge >= 0.3 is 0 Å². The van der Waals surface area contributed by atoms with E-state index in [2.05, 4.69) is 54.6 Å². The van der Waals surface area contributed by atoms with Gasteiger partial charge in [0.15, 0.2) is 17.5 Å². The fraction of sp³-hybridized carbons (Fsp3) is 0. The van der Waals surface area contributed by atoms with Crippen molar-refractivity contribution < 1.29 is 8.83 Å². The summed E-state index contributed by atoms with van der Waals surface area (Å²) in [4.78, 5) is 14.6. The molecule has 9 aromatic rings. The molecule has 0 spiro atoms. The third-order valence-corrected chi connectivity index (χ3v) is 8.16. The van der Waals surface area contributed by atoms with Crippen molar-refractivity contribution in [1.29, 1.82) is 0 Å². The normalized spacial score (nSPS) is 11.6. The molecule has 206 valence electrons. The van der Waals surface area contributed by atoms with Crippen LogP contribution in [0.3, 0.4) is 0 Å². The number of nitrogens with zero attached hydrogens (tertiary/aromatic N) is 3. The van der Waals surface area contributed by atoms with Gasteiger partial charge in [0.1, 0.15) is 22.3 Å². The van der Waals surface area contributed by atoms with Gasteiger partial charge in [-0.05, 0) is 23.8 Å². The molecule has 44 heavy (non-hydrogen) atoms. The van der Waals surface area contributed by atoms with Crippen LogP contribution in [-0.2, 0) is 0 Å². The molecule has 0 aliphatic carbocycles. The van der Waals surface area contributed by atoms with Gasteiger partial charge in [-0.3, -0.25) is 0 Å². The van der Waals surface area contributed by atoms with Crippen LogP contribution in [0.25, 0.3) is 89.2 Å². The molecule has 0 N–H and O–H groups in total. The average molecular weight is 566 g/mol. The van der Waals surface area contributed by atoms with Gasteiger partial charge < -0.3 is 8.83 Å². The number of fused-ring (bicyclic) bond motifs is 7. The molecule has 9 rings (SSSR count). The van der Waals surface area contributed by atoms with Gasteiger partial charge in [-0.25, -0.2) is 15.0 Å². The Morgan fingerprint density at radius 1 is 0.341 bits per heavy atom. The molecule has 6 aromatic carbocycles. The zero-order valence-corrected chi connectivity index (χ0v) is 23.4. The Morgan fingerprint density at radius 3 is 1.57 bits per heavy atom. The van der Waals surface area contributed by atoms with Crippen molar-refractivity contribution in [3.05, 3.63) is 140 Å². The van der Waals surface area contributed by atoms with Crippen LogP contribution in [0.2, 0.25) is 0 Å². The summed E-state index contributed by atoms with van der Waals surface area (Å²) in [7, 11) is 0. The van der Waals surface area contributed by atoms with E-state index in [-0.39, 0.29) is 0 Å². The van der Waals surface area contributed by atoms with Crippen LogP contribution in [0.15, 0.2) is 148 Å². The van der Waals surface area contributed by atoms with Gasteiger partial charge in [0, 0.05) is 38.4 Å². The highest BCUT2D eigenvalue weighted by Crippen LogP contribution is 2.42. The highest BCUT2D eigenvalue weighted by atomic mass is 16.3. The molecule has 0 aliphatic rings. The van der Waals surface area contributed by atoms with Crippen molar-refractivity contribution in [2.45, 2.75) is 0 Å². The molecule has 0 saturated carbocycles. The van der Waals surface area contributed by atoms with E-state index in [1.54, 1.807) is 0 Å².